The van der Waals surface area contributed by atoms with Gasteiger partial charge in [0.05, 0.1) is 24.2 Å². The molecule has 0 fully saturated rings. The minimum Gasteiger partial charge on any atom is -0.497 e. The first-order chi connectivity index (χ1) is 10.7. The molecular formula is C19H19ClN2O. The van der Waals surface area contributed by atoms with Crippen LogP contribution in [-0.2, 0) is 0 Å². The summed E-state index contributed by atoms with van der Waals surface area (Å²) in [5.74, 6) is 0.833. The molecule has 0 atom stereocenters. The first-order valence-electron chi connectivity index (χ1n) is 7.16. The van der Waals surface area contributed by atoms with Crippen LogP contribution >= 0.6 is 12.4 Å². The number of aromatic nitrogens is 1. The van der Waals surface area contributed by atoms with Crippen molar-refractivity contribution >= 4 is 18.1 Å². The lowest BCUT2D eigenvalue weighted by molar-refractivity contribution is 0.415. The van der Waals surface area contributed by atoms with E-state index in [1.165, 1.54) is 0 Å². The first-order valence-corrected chi connectivity index (χ1v) is 7.16. The fourth-order valence-corrected chi connectivity index (χ4v) is 2.45. The molecule has 3 nitrogen and oxygen atoms in total. The highest BCUT2D eigenvalue weighted by molar-refractivity contribution is 5.85. The molecule has 2 aromatic carbocycles. The summed E-state index contributed by atoms with van der Waals surface area (Å²) in [7, 11) is 1.66. The zero-order chi connectivity index (χ0) is 15.5. The quantitative estimate of drug-likeness (QED) is 0.756. The van der Waals surface area contributed by atoms with E-state index in [0.29, 0.717) is 0 Å². The van der Waals surface area contributed by atoms with Crippen molar-refractivity contribution in [2.75, 3.05) is 12.8 Å². The molecule has 0 aliphatic carbocycles. The Morgan fingerprint density at radius 3 is 2.17 bits per heavy atom. The molecule has 118 valence electrons. The van der Waals surface area contributed by atoms with Gasteiger partial charge in [0, 0.05) is 11.1 Å². The summed E-state index contributed by atoms with van der Waals surface area (Å²) in [6.45, 7) is 1.94. The normalized spacial score (nSPS) is 10.0. The Balaban J connectivity index is 0.00000192. The number of halogens is 1. The summed E-state index contributed by atoms with van der Waals surface area (Å²) >= 11 is 0. The van der Waals surface area contributed by atoms with Gasteiger partial charge in [-0.05, 0) is 42.8 Å². The maximum absolute atomic E-state index is 6.22. The van der Waals surface area contributed by atoms with Crippen molar-refractivity contribution in [3.63, 3.8) is 0 Å². The van der Waals surface area contributed by atoms with Crippen LogP contribution in [0.2, 0.25) is 0 Å². The number of anilines is 1. The Labute approximate surface area is 142 Å². The van der Waals surface area contributed by atoms with E-state index in [9.17, 15) is 0 Å². The molecule has 4 heteroatoms. The van der Waals surface area contributed by atoms with E-state index in [4.69, 9.17) is 10.5 Å². The van der Waals surface area contributed by atoms with Gasteiger partial charge in [0.15, 0.2) is 0 Å². The molecule has 0 radical (unpaired) electrons. The van der Waals surface area contributed by atoms with E-state index in [1.54, 1.807) is 7.11 Å². The Bertz CT molecular complexity index is 786. The number of hydrogen-bond donors (Lipinski definition) is 1. The van der Waals surface area contributed by atoms with E-state index in [1.807, 2.05) is 55.5 Å². The van der Waals surface area contributed by atoms with Crippen LogP contribution in [0.15, 0.2) is 60.7 Å². The molecule has 1 aromatic heterocycles. The third-order valence-corrected chi connectivity index (χ3v) is 3.72. The average Bonchev–Trinajstić information content (AvgIpc) is 2.58. The topological polar surface area (TPSA) is 48.1 Å². The molecule has 23 heavy (non-hydrogen) atoms. The highest BCUT2D eigenvalue weighted by Crippen LogP contribution is 2.32. The molecule has 3 aromatic rings. The second-order valence-electron chi connectivity index (χ2n) is 5.15. The lowest BCUT2D eigenvalue weighted by Crippen LogP contribution is -1.98. The number of aryl methyl sites for hydroxylation is 1. The van der Waals surface area contributed by atoms with Crippen molar-refractivity contribution in [3.05, 3.63) is 66.4 Å². The van der Waals surface area contributed by atoms with E-state index in [0.717, 1.165) is 39.5 Å². The van der Waals surface area contributed by atoms with Crippen molar-refractivity contribution in [3.8, 4) is 28.1 Å². The largest absolute Gasteiger partial charge is 0.497 e. The van der Waals surface area contributed by atoms with Gasteiger partial charge >= 0.3 is 0 Å². The second kappa shape index (κ2) is 7.16. The van der Waals surface area contributed by atoms with E-state index in [-0.39, 0.29) is 12.4 Å². The van der Waals surface area contributed by atoms with Gasteiger partial charge in [0.1, 0.15) is 5.75 Å². The number of nitrogen functional groups attached to an aromatic ring is 1. The number of ether oxygens (including phenoxy) is 1. The number of hydrogen-bond acceptors (Lipinski definition) is 3. The van der Waals surface area contributed by atoms with Gasteiger partial charge in [0.2, 0.25) is 0 Å². The third-order valence-electron chi connectivity index (χ3n) is 3.72. The van der Waals surface area contributed by atoms with Gasteiger partial charge < -0.3 is 10.5 Å². The maximum atomic E-state index is 6.22. The third kappa shape index (κ3) is 3.46. The average molecular weight is 327 g/mol. The SMILES string of the molecule is COc1ccc(-c2cc(-c3ccccc3)c(N)c(C)n2)cc1.Cl. The van der Waals surface area contributed by atoms with Crippen LogP contribution in [0.25, 0.3) is 22.4 Å². The van der Waals surface area contributed by atoms with Crippen molar-refractivity contribution in [2.45, 2.75) is 6.92 Å². The van der Waals surface area contributed by atoms with Crippen LogP contribution in [0.1, 0.15) is 5.69 Å². The molecule has 0 saturated carbocycles. The maximum Gasteiger partial charge on any atom is 0.118 e. The summed E-state index contributed by atoms with van der Waals surface area (Å²) in [6, 6.07) is 20.1. The van der Waals surface area contributed by atoms with Crippen molar-refractivity contribution in [2.24, 2.45) is 0 Å². The van der Waals surface area contributed by atoms with Crippen LogP contribution in [0, 0.1) is 6.92 Å². The van der Waals surface area contributed by atoms with E-state index >= 15 is 0 Å². The number of nitrogens with zero attached hydrogens (tertiary/aromatic N) is 1. The van der Waals surface area contributed by atoms with Gasteiger partial charge in [-0.25, -0.2) is 0 Å². The lowest BCUT2D eigenvalue weighted by Gasteiger charge is -2.12. The molecule has 0 unspecified atom stereocenters. The van der Waals surface area contributed by atoms with Crippen molar-refractivity contribution in [1.29, 1.82) is 0 Å². The highest BCUT2D eigenvalue weighted by atomic mass is 35.5. The van der Waals surface area contributed by atoms with E-state index in [2.05, 4.69) is 17.1 Å². The zero-order valence-corrected chi connectivity index (χ0v) is 13.9. The Morgan fingerprint density at radius 2 is 1.57 bits per heavy atom. The van der Waals surface area contributed by atoms with E-state index < -0.39 is 0 Å². The fourth-order valence-electron chi connectivity index (χ4n) is 2.45. The zero-order valence-electron chi connectivity index (χ0n) is 13.1. The molecule has 3 rings (SSSR count). The van der Waals surface area contributed by atoms with Gasteiger partial charge in [-0.3, -0.25) is 4.98 Å². The number of methoxy groups -OCH3 is 1. The van der Waals surface area contributed by atoms with Crippen LogP contribution in [0.5, 0.6) is 5.75 Å². The molecule has 0 aliphatic heterocycles. The summed E-state index contributed by atoms with van der Waals surface area (Å²) in [4.78, 5) is 4.62. The predicted octanol–water partition coefficient (Wildman–Crippen LogP) is 4.74. The first kappa shape index (κ1) is 16.8. The second-order valence-corrected chi connectivity index (χ2v) is 5.15. The highest BCUT2D eigenvalue weighted by Gasteiger charge is 2.10. The van der Waals surface area contributed by atoms with Crippen LogP contribution in [0.4, 0.5) is 5.69 Å². The fraction of sp³-hybridized carbons (Fsp3) is 0.105. The van der Waals surface area contributed by atoms with Crippen LogP contribution in [0.3, 0.4) is 0 Å². The van der Waals surface area contributed by atoms with Gasteiger partial charge in [-0.1, -0.05) is 30.3 Å². The molecule has 0 amide bonds. The Morgan fingerprint density at radius 1 is 0.913 bits per heavy atom. The van der Waals surface area contributed by atoms with Gasteiger partial charge in [-0.15, -0.1) is 12.4 Å². The lowest BCUT2D eigenvalue weighted by atomic mass is 10.0. The number of rotatable bonds is 3. The minimum absolute atomic E-state index is 0. The van der Waals surface area contributed by atoms with Crippen LogP contribution < -0.4 is 10.5 Å². The van der Waals surface area contributed by atoms with Crippen LogP contribution in [-0.4, -0.2) is 12.1 Å². The molecule has 1 heterocycles. The molecule has 0 spiro atoms. The molecule has 0 bridgehead atoms. The predicted molar refractivity (Wildman–Crippen MR) is 98.1 cm³/mol. The summed E-state index contributed by atoms with van der Waals surface area (Å²) < 4.78 is 5.20. The Hall–Kier alpha value is -2.52. The number of benzene rings is 2. The molecule has 2 N–H and O–H groups in total. The smallest absolute Gasteiger partial charge is 0.118 e. The van der Waals surface area contributed by atoms with Crippen molar-refractivity contribution < 1.29 is 4.74 Å². The van der Waals surface area contributed by atoms with Crippen molar-refractivity contribution in [1.82, 2.24) is 4.98 Å². The summed E-state index contributed by atoms with van der Waals surface area (Å²) in [5.41, 5.74) is 11.9. The number of nitrogens with two attached hydrogens (primary N) is 1. The number of pyridine rings is 1. The standard InChI is InChI=1S/C19H18N2O.ClH/c1-13-19(20)17(14-6-4-3-5-7-14)12-18(21-13)15-8-10-16(22-2)11-9-15;/h3-12H,20H2,1-2H3;1H. The molecule has 0 aliphatic rings. The van der Waals surface area contributed by atoms with Gasteiger partial charge in [-0.2, -0.15) is 0 Å². The molecule has 0 saturated heterocycles. The molecular weight excluding hydrogens is 308 g/mol. The summed E-state index contributed by atoms with van der Waals surface area (Å²) in [5, 5.41) is 0. The van der Waals surface area contributed by atoms with Gasteiger partial charge in [0.25, 0.3) is 0 Å². The minimum atomic E-state index is 0. The Kier molecular flexibility index (Phi) is 5.24. The summed E-state index contributed by atoms with van der Waals surface area (Å²) in [6.07, 6.45) is 0. The monoisotopic (exact) mass is 326 g/mol.